The first-order valence-electron chi connectivity index (χ1n) is 6.28. The molecule has 0 saturated carbocycles. The van der Waals surface area contributed by atoms with Crippen LogP contribution in [0.1, 0.15) is 23.6 Å². The van der Waals surface area contributed by atoms with Crippen molar-refractivity contribution in [1.29, 1.82) is 5.26 Å². The van der Waals surface area contributed by atoms with Gasteiger partial charge >= 0.3 is 0 Å². The van der Waals surface area contributed by atoms with Gasteiger partial charge in [-0.2, -0.15) is 5.26 Å². The zero-order valence-corrected chi connectivity index (χ0v) is 11.2. The minimum absolute atomic E-state index is 0.0160. The summed E-state index contributed by atoms with van der Waals surface area (Å²) >= 11 is 0. The second-order valence-corrected chi connectivity index (χ2v) is 4.99. The van der Waals surface area contributed by atoms with Crippen LogP contribution in [0.3, 0.4) is 0 Å². The third kappa shape index (κ3) is 2.55. The van der Waals surface area contributed by atoms with Gasteiger partial charge in [-0.05, 0) is 43.6 Å². The number of halogens is 1. The van der Waals surface area contributed by atoms with Crippen LogP contribution < -0.4 is 10.5 Å². The molecule has 0 amide bonds. The Morgan fingerprint density at radius 1 is 1.58 bits per heavy atom. The molecule has 1 aromatic rings. The van der Waals surface area contributed by atoms with Crippen LogP contribution in [-0.2, 0) is 0 Å². The van der Waals surface area contributed by atoms with Gasteiger partial charge in [-0.25, -0.2) is 4.39 Å². The molecular weight excluding hydrogens is 245 g/mol. The van der Waals surface area contributed by atoms with E-state index in [0.29, 0.717) is 12.5 Å². The number of benzene rings is 1. The average molecular weight is 263 g/mol. The zero-order chi connectivity index (χ0) is 14.0. The lowest BCUT2D eigenvalue weighted by molar-refractivity contribution is 0.312. The number of rotatable bonds is 3. The normalized spacial score (nSPS) is 23.3. The van der Waals surface area contributed by atoms with Gasteiger partial charge in [0, 0.05) is 12.6 Å². The third-order valence-electron chi connectivity index (χ3n) is 3.74. The molecule has 2 atom stereocenters. The van der Waals surface area contributed by atoms with Crippen molar-refractivity contribution in [1.82, 2.24) is 4.90 Å². The monoisotopic (exact) mass is 263 g/mol. The van der Waals surface area contributed by atoms with Crippen LogP contribution >= 0.6 is 0 Å². The van der Waals surface area contributed by atoms with E-state index in [1.165, 1.54) is 13.2 Å². The van der Waals surface area contributed by atoms with Crippen molar-refractivity contribution in [3.8, 4) is 11.8 Å². The van der Waals surface area contributed by atoms with Gasteiger partial charge in [0.25, 0.3) is 0 Å². The summed E-state index contributed by atoms with van der Waals surface area (Å²) in [5, 5.41) is 9.08. The molecule has 2 N–H and O–H groups in total. The lowest BCUT2D eigenvalue weighted by atomic mass is 9.98. The largest absolute Gasteiger partial charge is 0.492 e. The molecule has 1 fully saturated rings. The van der Waals surface area contributed by atoms with Gasteiger partial charge in [0.1, 0.15) is 6.07 Å². The fourth-order valence-electron chi connectivity index (χ4n) is 2.76. The Kier molecular flexibility index (Phi) is 4.03. The molecule has 0 bridgehead atoms. The second-order valence-electron chi connectivity index (χ2n) is 4.99. The first-order chi connectivity index (χ1) is 9.10. The minimum atomic E-state index is -0.485. The van der Waals surface area contributed by atoms with Gasteiger partial charge < -0.3 is 10.5 Å². The molecule has 0 spiro atoms. The van der Waals surface area contributed by atoms with Crippen molar-refractivity contribution in [2.24, 2.45) is 11.7 Å². The molecular formula is C14H18FN3O. The van der Waals surface area contributed by atoms with E-state index in [4.69, 9.17) is 15.7 Å². The van der Waals surface area contributed by atoms with Gasteiger partial charge in [-0.1, -0.05) is 0 Å². The van der Waals surface area contributed by atoms with E-state index < -0.39 is 5.82 Å². The van der Waals surface area contributed by atoms with Crippen LogP contribution in [0.25, 0.3) is 0 Å². The molecule has 1 saturated heterocycles. The van der Waals surface area contributed by atoms with Gasteiger partial charge in [0.05, 0.1) is 12.7 Å². The van der Waals surface area contributed by atoms with E-state index in [-0.39, 0.29) is 17.4 Å². The number of nitrogens with two attached hydrogens (primary N) is 1. The lowest BCUT2D eigenvalue weighted by Gasteiger charge is -2.20. The van der Waals surface area contributed by atoms with Crippen molar-refractivity contribution >= 4 is 0 Å². The summed E-state index contributed by atoms with van der Waals surface area (Å²) in [6, 6.07) is 5.26. The molecule has 1 heterocycles. The summed E-state index contributed by atoms with van der Waals surface area (Å²) < 4.78 is 18.9. The van der Waals surface area contributed by atoms with Crippen LogP contribution in [-0.4, -0.2) is 32.1 Å². The Hall–Kier alpha value is -1.64. The highest BCUT2D eigenvalue weighted by atomic mass is 19.1. The minimum Gasteiger partial charge on any atom is -0.492 e. The summed E-state index contributed by atoms with van der Waals surface area (Å²) in [5.74, 6) is -0.0471. The summed E-state index contributed by atoms with van der Waals surface area (Å²) in [7, 11) is 3.36. The van der Waals surface area contributed by atoms with Crippen molar-refractivity contribution in [3.05, 3.63) is 29.1 Å². The van der Waals surface area contributed by atoms with E-state index in [1.807, 2.05) is 13.1 Å². The summed E-state index contributed by atoms with van der Waals surface area (Å²) in [6.45, 7) is 1.53. The highest BCUT2D eigenvalue weighted by Crippen LogP contribution is 2.36. The Balaban J connectivity index is 2.36. The van der Waals surface area contributed by atoms with Crippen LogP contribution in [0, 0.1) is 23.1 Å². The summed E-state index contributed by atoms with van der Waals surface area (Å²) in [4.78, 5) is 2.15. The molecule has 19 heavy (non-hydrogen) atoms. The number of ether oxygens (including phenoxy) is 1. The lowest BCUT2D eigenvalue weighted by Crippen LogP contribution is -2.20. The topological polar surface area (TPSA) is 62.3 Å². The number of hydrogen-bond acceptors (Lipinski definition) is 4. The van der Waals surface area contributed by atoms with E-state index in [1.54, 1.807) is 6.07 Å². The van der Waals surface area contributed by atoms with Gasteiger partial charge in [-0.15, -0.1) is 0 Å². The van der Waals surface area contributed by atoms with E-state index >= 15 is 0 Å². The number of hydrogen-bond donors (Lipinski definition) is 1. The number of nitrogens with zero attached hydrogens (tertiary/aromatic N) is 2. The molecule has 102 valence electrons. The molecule has 1 aliphatic rings. The van der Waals surface area contributed by atoms with Crippen LogP contribution in [0.4, 0.5) is 4.39 Å². The second kappa shape index (κ2) is 5.55. The van der Waals surface area contributed by atoms with Gasteiger partial charge in [0.2, 0.25) is 0 Å². The Labute approximate surface area is 112 Å². The number of likely N-dealkylation sites (tertiary alicyclic amines) is 1. The molecule has 1 aliphatic heterocycles. The Morgan fingerprint density at radius 2 is 2.32 bits per heavy atom. The van der Waals surface area contributed by atoms with Crippen molar-refractivity contribution < 1.29 is 9.13 Å². The molecule has 0 aromatic heterocycles. The molecule has 0 aliphatic carbocycles. The van der Waals surface area contributed by atoms with Crippen molar-refractivity contribution in [2.45, 2.75) is 12.5 Å². The molecule has 2 rings (SSSR count). The highest BCUT2D eigenvalue weighted by molar-refractivity contribution is 5.47. The number of nitriles is 1. The molecule has 4 nitrogen and oxygen atoms in total. The van der Waals surface area contributed by atoms with Crippen LogP contribution in [0.5, 0.6) is 5.75 Å². The highest BCUT2D eigenvalue weighted by Gasteiger charge is 2.30. The van der Waals surface area contributed by atoms with Gasteiger partial charge in [-0.3, -0.25) is 4.90 Å². The van der Waals surface area contributed by atoms with E-state index in [9.17, 15) is 4.39 Å². The Morgan fingerprint density at radius 3 is 2.84 bits per heavy atom. The third-order valence-corrected chi connectivity index (χ3v) is 3.74. The average Bonchev–Trinajstić information content (AvgIpc) is 2.79. The zero-order valence-electron chi connectivity index (χ0n) is 11.2. The summed E-state index contributed by atoms with van der Waals surface area (Å²) in [5.41, 5.74) is 6.75. The molecule has 0 radical (unpaired) electrons. The van der Waals surface area contributed by atoms with Crippen molar-refractivity contribution in [2.75, 3.05) is 27.2 Å². The molecule has 5 heteroatoms. The first kappa shape index (κ1) is 13.8. The maximum atomic E-state index is 13.9. The maximum Gasteiger partial charge on any atom is 0.172 e. The predicted molar refractivity (Wildman–Crippen MR) is 70.2 cm³/mol. The fourth-order valence-corrected chi connectivity index (χ4v) is 2.76. The smallest absolute Gasteiger partial charge is 0.172 e. The molecule has 2 unspecified atom stereocenters. The van der Waals surface area contributed by atoms with E-state index in [0.717, 1.165) is 18.5 Å². The quantitative estimate of drug-likeness (QED) is 0.901. The van der Waals surface area contributed by atoms with Crippen LogP contribution in [0.2, 0.25) is 0 Å². The van der Waals surface area contributed by atoms with Crippen molar-refractivity contribution in [3.63, 3.8) is 0 Å². The number of methoxy groups -OCH3 is 1. The van der Waals surface area contributed by atoms with Crippen LogP contribution in [0.15, 0.2) is 12.1 Å². The Bertz CT molecular complexity index is 512. The summed E-state index contributed by atoms with van der Waals surface area (Å²) in [6.07, 6.45) is 0.892. The fraction of sp³-hybridized carbons (Fsp3) is 0.500. The predicted octanol–water partition coefficient (Wildman–Crippen LogP) is 1.66. The first-order valence-corrected chi connectivity index (χ1v) is 6.28. The standard InChI is InChI=1S/C14H18FN3O/c1-18-8-9(6-16)3-13(18)10-4-11(7-17)14(19-2)12(15)5-10/h4-5,9,13H,3,6,8,16H2,1-2H3. The van der Waals surface area contributed by atoms with Gasteiger partial charge in [0.15, 0.2) is 11.6 Å². The molecule has 1 aromatic carbocycles. The maximum absolute atomic E-state index is 13.9. The SMILES string of the molecule is COc1c(F)cc(C2CC(CN)CN2C)cc1C#N. The van der Waals surface area contributed by atoms with E-state index in [2.05, 4.69) is 4.90 Å².